The van der Waals surface area contributed by atoms with Crippen LogP contribution in [0.3, 0.4) is 0 Å². The average molecular weight is 344 g/mol. The first-order valence-corrected chi connectivity index (χ1v) is 6.41. The summed E-state index contributed by atoms with van der Waals surface area (Å²) in [6.45, 7) is -1.35. The van der Waals surface area contributed by atoms with E-state index in [-0.39, 0.29) is 24.9 Å². The summed E-state index contributed by atoms with van der Waals surface area (Å²) < 4.78 is 53.7. The zero-order valence-corrected chi connectivity index (χ0v) is 11.6. The van der Waals surface area contributed by atoms with Gasteiger partial charge in [-0.15, -0.1) is 0 Å². The van der Waals surface area contributed by atoms with Gasteiger partial charge >= 0.3 is 6.18 Å². The van der Waals surface area contributed by atoms with Gasteiger partial charge in [-0.25, -0.2) is 4.39 Å². The van der Waals surface area contributed by atoms with E-state index in [0.717, 1.165) is 4.47 Å². The number of halogens is 5. The molecule has 1 rings (SSSR count). The van der Waals surface area contributed by atoms with Gasteiger partial charge in [-0.05, 0) is 36.6 Å². The Hall–Kier alpha value is -0.660. The molecule has 19 heavy (non-hydrogen) atoms. The molecule has 7 heteroatoms. The summed E-state index contributed by atoms with van der Waals surface area (Å²) >= 11 is 3.26. The van der Waals surface area contributed by atoms with E-state index in [1.165, 1.54) is 12.1 Å². The summed E-state index contributed by atoms with van der Waals surface area (Å²) in [7, 11) is 0. The fourth-order valence-corrected chi connectivity index (χ4v) is 1.92. The zero-order chi connectivity index (χ0) is 14.5. The molecule has 0 heterocycles. The Kier molecular flexibility index (Phi) is 6.22. The number of ether oxygens (including phenoxy) is 1. The Morgan fingerprint density at radius 3 is 2.63 bits per heavy atom. The molecule has 0 aliphatic rings. The van der Waals surface area contributed by atoms with Gasteiger partial charge < -0.3 is 10.5 Å². The quantitative estimate of drug-likeness (QED) is 0.634. The third-order valence-electron chi connectivity index (χ3n) is 2.39. The van der Waals surface area contributed by atoms with E-state index >= 15 is 0 Å². The Bertz CT molecular complexity index is 411. The van der Waals surface area contributed by atoms with Crippen LogP contribution < -0.4 is 5.73 Å². The highest BCUT2D eigenvalue weighted by molar-refractivity contribution is 9.10. The van der Waals surface area contributed by atoms with Crippen LogP contribution in [0.4, 0.5) is 17.6 Å². The Labute approximate surface area is 117 Å². The average Bonchev–Trinajstić information content (AvgIpc) is 2.28. The SMILES string of the molecule is NC(CCOCC(F)(F)F)Cc1cc(F)ccc1Br. The maximum Gasteiger partial charge on any atom is 0.411 e. The summed E-state index contributed by atoms with van der Waals surface area (Å²) in [4.78, 5) is 0. The monoisotopic (exact) mass is 343 g/mol. The van der Waals surface area contributed by atoms with E-state index in [0.29, 0.717) is 12.0 Å². The molecule has 1 unspecified atom stereocenters. The molecule has 0 aromatic heterocycles. The number of nitrogens with two attached hydrogens (primary N) is 1. The Morgan fingerprint density at radius 2 is 2.00 bits per heavy atom. The van der Waals surface area contributed by atoms with Crippen LogP contribution in [-0.2, 0) is 11.2 Å². The van der Waals surface area contributed by atoms with E-state index in [9.17, 15) is 17.6 Å². The third-order valence-corrected chi connectivity index (χ3v) is 3.16. The molecule has 1 atom stereocenters. The van der Waals surface area contributed by atoms with Crippen molar-refractivity contribution >= 4 is 15.9 Å². The summed E-state index contributed by atoms with van der Waals surface area (Å²) in [5.74, 6) is -0.376. The maximum atomic E-state index is 13.0. The number of alkyl halides is 3. The molecule has 108 valence electrons. The van der Waals surface area contributed by atoms with Crippen molar-refractivity contribution in [3.05, 3.63) is 34.1 Å². The van der Waals surface area contributed by atoms with Crippen LogP contribution in [0, 0.1) is 5.82 Å². The lowest BCUT2D eigenvalue weighted by atomic mass is 10.0. The van der Waals surface area contributed by atoms with Crippen LogP contribution in [0.25, 0.3) is 0 Å². The van der Waals surface area contributed by atoms with E-state index in [4.69, 9.17) is 5.73 Å². The first-order valence-electron chi connectivity index (χ1n) is 5.62. The van der Waals surface area contributed by atoms with Crippen LogP contribution >= 0.6 is 15.9 Å². The van der Waals surface area contributed by atoms with Gasteiger partial charge in [0.2, 0.25) is 0 Å². The molecule has 0 bridgehead atoms. The van der Waals surface area contributed by atoms with Gasteiger partial charge in [-0.1, -0.05) is 15.9 Å². The molecule has 0 radical (unpaired) electrons. The first-order chi connectivity index (χ1) is 8.78. The predicted molar refractivity (Wildman–Crippen MR) is 67.3 cm³/mol. The predicted octanol–water partition coefficient (Wildman–Crippen LogP) is 3.43. The number of rotatable bonds is 6. The largest absolute Gasteiger partial charge is 0.411 e. The fourth-order valence-electron chi connectivity index (χ4n) is 1.51. The number of hydrogen-bond acceptors (Lipinski definition) is 2. The van der Waals surface area contributed by atoms with Crippen molar-refractivity contribution in [2.24, 2.45) is 5.73 Å². The van der Waals surface area contributed by atoms with Gasteiger partial charge in [0.25, 0.3) is 0 Å². The Morgan fingerprint density at radius 1 is 1.32 bits per heavy atom. The number of hydrogen-bond donors (Lipinski definition) is 1. The van der Waals surface area contributed by atoms with Crippen molar-refractivity contribution in [1.82, 2.24) is 0 Å². The van der Waals surface area contributed by atoms with Crippen molar-refractivity contribution in [2.45, 2.75) is 25.1 Å². The lowest BCUT2D eigenvalue weighted by molar-refractivity contribution is -0.174. The van der Waals surface area contributed by atoms with Crippen LogP contribution in [0.2, 0.25) is 0 Å². The van der Waals surface area contributed by atoms with Crippen LogP contribution in [0.5, 0.6) is 0 Å². The molecule has 0 aliphatic heterocycles. The molecule has 0 fully saturated rings. The van der Waals surface area contributed by atoms with Gasteiger partial charge in [0.05, 0.1) is 0 Å². The van der Waals surface area contributed by atoms with Crippen LogP contribution in [-0.4, -0.2) is 25.4 Å². The molecular formula is C12H14BrF4NO. The molecule has 0 aliphatic carbocycles. The minimum Gasteiger partial charge on any atom is -0.372 e. The van der Waals surface area contributed by atoms with Crippen LogP contribution in [0.15, 0.2) is 22.7 Å². The van der Waals surface area contributed by atoms with Gasteiger partial charge in [0.1, 0.15) is 12.4 Å². The molecule has 2 nitrogen and oxygen atoms in total. The summed E-state index contributed by atoms with van der Waals surface area (Å²) in [6.07, 6.45) is -3.68. The molecule has 0 spiro atoms. The molecule has 2 N–H and O–H groups in total. The summed E-state index contributed by atoms with van der Waals surface area (Å²) in [5, 5.41) is 0. The van der Waals surface area contributed by atoms with Crippen LogP contribution in [0.1, 0.15) is 12.0 Å². The highest BCUT2D eigenvalue weighted by atomic mass is 79.9. The topological polar surface area (TPSA) is 35.2 Å². The van der Waals surface area contributed by atoms with Crippen molar-refractivity contribution in [2.75, 3.05) is 13.2 Å². The van der Waals surface area contributed by atoms with E-state index in [1.54, 1.807) is 6.07 Å². The van der Waals surface area contributed by atoms with Gasteiger partial charge in [-0.3, -0.25) is 0 Å². The van der Waals surface area contributed by atoms with Crippen molar-refractivity contribution < 1.29 is 22.3 Å². The number of benzene rings is 1. The standard InChI is InChI=1S/C12H14BrF4NO/c13-11-2-1-9(14)5-8(11)6-10(18)3-4-19-7-12(15,16)17/h1-2,5,10H,3-4,6-7,18H2. The Balaban J connectivity index is 2.35. The first kappa shape index (κ1) is 16.4. The summed E-state index contributed by atoms with van der Waals surface area (Å²) in [6, 6.07) is 3.84. The smallest absolute Gasteiger partial charge is 0.372 e. The second-order valence-corrected chi connectivity index (χ2v) is 5.01. The van der Waals surface area contributed by atoms with Crippen molar-refractivity contribution in [3.8, 4) is 0 Å². The zero-order valence-electron chi connectivity index (χ0n) is 10.0. The fraction of sp³-hybridized carbons (Fsp3) is 0.500. The molecular weight excluding hydrogens is 330 g/mol. The molecule has 1 aromatic rings. The second kappa shape index (κ2) is 7.21. The third kappa shape index (κ3) is 6.89. The van der Waals surface area contributed by atoms with Crippen molar-refractivity contribution in [1.29, 1.82) is 0 Å². The van der Waals surface area contributed by atoms with E-state index in [2.05, 4.69) is 20.7 Å². The van der Waals surface area contributed by atoms with E-state index < -0.39 is 12.8 Å². The lowest BCUT2D eigenvalue weighted by Gasteiger charge is -2.14. The van der Waals surface area contributed by atoms with Gasteiger partial charge in [0.15, 0.2) is 0 Å². The van der Waals surface area contributed by atoms with Gasteiger partial charge in [-0.2, -0.15) is 13.2 Å². The highest BCUT2D eigenvalue weighted by Gasteiger charge is 2.27. The maximum absolute atomic E-state index is 13.0. The lowest BCUT2D eigenvalue weighted by Crippen LogP contribution is -2.26. The molecule has 0 saturated heterocycles. The van der Waals surface area contributed by atoms with E-state index in [1.807, 2.05) is 0 Å². The normalized spacial score (nSPS) is 13.6. The van der Waals surface area contributed by atoms with Gasteiger partial charge in [0, 0.05) is 17.1 Å². The summed E-state index contributed by atoms with van der Waals surface area (Å²) in [5.41, 5.74) is 6.45. The minimum absolute atomic E-state index is 0.0758. The minimum atomic E-state index is -4.32. The second-order valence-electron chi connectivity index (χ2n) is 4.16. The molecule has 1 aromatic carbocycles. The molecule has 0 saturated carbocycles. The van der Waals surface area contributed by atoms with Crippen molar-refractivity contribution in [3.63, 3.8) is 0 Å². The molecule has 0 amide bonds. The highest BCUT2D eigenvalue weighted by Crippen LogP contribution is 2.20.